The van der Waals surface area contributed by atoms with Gasteiger partial charge in [-0.1, -0.05) is 20.8 Å². The van der Waals surface area contributed by atoms with Crippen molar-refractivity contribution < 1.29 is 12.4 Å². The monoisotopic (exact) mass is 386 g/mol. The van der Waals surface area contributed by atoms with Gasteiger partial charge in [0.2, 0.25) is 5.91 Å². The summed E-state index contributed by atoms with van der Waals surface area (Å²) >= 11 is 0. The van der Waals surface area contributed by atoms with E-state index in [4.69, 9.17) is 4.74 Å². The molecule has 2 N–H and O–H groups in total. The van der Waals surface area contributed by atoms with E-state index < -0.39 is 0 Å². The second-order valence-electron chi connectivity index (χ2n) is 8.56. The Balaban J connectivity index is 0.00000392. The number of carbonyl (C=O) groups excluding carboxylic acids is 1. The van der Waals surface area contributed by atoms with Crippen molar-refractivity contribution in [2.45, 2.75) is 84.1 Å². The number of nitrogens with zero attached hydrogens (tertiary/aromatic N) is 2. The van der Waals surface area contributed by atoms with Crippen molar-refractivity contribution in [3.63, 3.8) is 0 Å². The lowest BCUT2D eigenvalue weighted by Gasteiger charge is -2.38. The molecule has 0 aromatic rings. The Morgan fingerprint density at radius 2 is 1.63 bits per heavy atom. The minimum atomic E-state index is 0. The fourth-order valence-corrected chi connectivity index (χ4v) is 4.01. The zero-order valence-corrected chi connectivity index (χ0v) is 18.0. The van der Waals surface area contributed by atoms with Crippen molar-refractivity contribution in [1.82, 2.24) is 20.4 Å². The van der Waals surface area contributed by atoms with Gasteiger partial charge < -0.3 is 20.3 Å². The molecule has 0 aliphatic carbocycles. The molecule has 6 heteroatoms. The molecule has 2 saturated heterocycles. The summed E-state index contributed by atoms with van der Waals surface area (Å²) in [6.45, 7) is 15.1. The number of nitrogens with one attached hydrogen (secondary N) is 2. The summed E-state index contributed by atoms with van der Waals surface area (Å²) < 4.78 is 6.39. The van der Waals surface area contributed by atoms with E-state index in [0.717, 1.165) is 45.3 Å². The Labute approximate surface area is 169 Å². The van der Waals surface area contributed by atoms with Gasteiger partial charge in [0.1, 0.15) is 0 Å². The number of ether oxygens (including phenoxy) is 1. The average Bonchev–Trinajstić information content (AvgIpc) is 2.66. The lowest BCUT2D eigenvalue weighted by atomic mass is 10.0. The van der Waals surface area contributed by atoms with Crippen LogP contribution in [0, 0.1) is 0 Å². The van der Waals surface area contributed by atoms with Crippen molar-refractivity contribution in [2.24, 2.45) is 0 Å². The number of hydrogen-bond acceptors (Lipinski definition) is 5. The molecule has 1 atom stereocenters. The fourth-order valence-electron chi connectivity index (χ4n) is 4.01. The standard InChI is InChI=1S/C21H42N4O2.2H2/c1-5-18(4)25-14-8-20(9-15-25)27-19-6-12-24(13-7-19)16-21(26)23-11-10-22-17(2)3;;/h17-20,22H,5-16H2,1-4H3,(H,23,26);2*1H. The number of rotatable bonds is 10. The van der Waals surface area contributed by atoms with E-state index in [0.29, 0.717) is 37.4 Å². The van der Waals surface area contributed by atoms with Crippen LogP contribution in [0.2, 0.25) is 0 Å². The molecule has 0 aromatic heterocycles. The zero-order valence-electron chi connectivity index (χ0n) is 18.0. The summed E-state index contributed by atoms with van der Waals surface area (Å²) in [5, 5.41) is 6.31. The number of piperidine rings is 2. The Morgan fingerprint density at radius 3 is 2.19 bits per heavy atom. The van der Waals surface area contributed by atoms with E-state index in [1.54, 1.807) is 0 Å². The maximum absolute atomic E-state index is 12.0. The summed E-state index contributed by atoms with van der Waals surface area (Å²) in [5.74, 6) is 0.136. The van der Waals surface area contributed by atoms with Crippen LogP contribution >= 0.6 is 0 Å². The predicted molar refractivity (Wildman–Crippen MR) is 115 cm³/mol. The Hall–Kier alpha value is -0.690. The molecule has 1 amide bonds. The van der Waals surface area contributed by atoms with Crippen molar-refractivity contribution in [3.8, 4) is 0 Å². The van der Waals surface area contributed by atoms with Gasteiger partial charge in [-0.2, -0.15) is 0 Å². The van der Waals surface area contributed by atoms with Crippen molar-refractivity contribution in [1.29, 1.82) is 0 Å². The van der Waals surface area contributed by atoms with E-state index in [9.17, 15) is 4.79 Å². The van der Waals surface area contributed by atoms with Crippen LogP contribution < -0.4 is 10.6 Å². The zero-order chi connectivity index (χ0) is 19.6. The smallest absolute Gasteiger partial charge is 0.234 e. The van der Waals surface area contributed by atoms with Crippen LogP contribution in [0.3, 0.4) is 0 Å². The van der Waals surface area contributed by atoms with E-state index >= 15 is 0 Å². The highest BCUT2D eigenvalue weighted by molar-refractivity contribution is 5.78. The van der Waals surface area contributed by atoms with Crippen molar-refractivity contribution in [2.75, 3.05) is 45.8 Å². The van der Waals surface area contributed by atoms with Gasteiger partial charge in [-0.25, -0.2) is 0 Å². The topological polar surface area (TPSA) is 56.8 Å². The van der Waals surface area contributed by atoms with Crippen LogP contribution in [-0.4, -0.2) is 85.8 Å². The lowest BCUT2D eigenvalue weighted by molar-refractivity contribution is -0.123. The minimum Gasteiger partial charge on any atom is -0.375 e. The summed E-state index contributed by atoms with van der Waals surface area (Å²) in [6.07, 6.45) is 6.46. The highest BCUT2D eigenvalue weighted by Gasteiger charge is 2.27. The molecule has 0 saturated carbocycles. The molecule has 0 aromatic carbocycles. The van der Waals surface area contributed by atoms with Crippen LogP contribution in [0.1, 0.15) is 62.7 Å². The first kappa shape index (κ1) is 22.6. The molecule has 2 rings (SSSR count). The third-order valence-electron chi connectivity index (χ3n) is 5.98. The number of likely N-dealkylation sites (tertiary alicyclic amines) is 2. The van der Waals surface area contributed by atoms with Crippen LogP contribution in [0.4, 0.5) is 0 Å². The predicted octanol–water partition coefficient (Wildman–Crippen LogP) is 2.34. The van der Waals surface area contributed by atoms with Crippen LogP contribution in [0.5, 0.6) is 0 Å². The van der Waals surface area contributed by atoms with Gasteiger partial charge in [0.15, 0.2) is 0 Å². The first-order valence-corrected chi connectivity index (χ1v) is 11.1. The highest BCUT2D eigenvalue weighted by Crippen LogP contribution is 2.22. The Bertz CT molecular complexity index is 427. The lowest BCUT2D eigenvalue weighted by Crippen LogP contribution is -2.46. The first-order chi connectivity index (χ1) is 13.0. The number of carbonyl (C=O) groups is 1. The van der Waals surface area contributed by atoms with Gasteiger partial charge in [0.25, 0.3) is 0 Å². The van der Waals surface area contributed by atoms with Crippen molar-refractivity contribution >= 4 is 5.91 Å². The fraction of sp³-hybridized carbons (Fsp3) is 0.952. The molecular weight excluding hydrogens is 340 g/mol. The largest absolute Gasteiger partial charge is 0.375 e. The summed E-state index contributed by atoms with van der Waals surface area (Å²) in [5.41, 5.74) is 0. The first-order valence-electron chi connectivity index (χ1n) is 11.1. The average molecular weight is 387 g/mol. The third kappa shape index (κ3) is 8.46. The maximum Gasteiger partial charge on any atom is 0.234 e. The quantitative estimate of drug-likeness (QED) is 0.565. The molecule has 162 valence electrons. The SMILES string of the molecule is CCC(C)N1CCC(OC2CCN(CC(=O)NCCNC(C)C)CC2)CC1.[HH].[HH]. The van der Waals surface area contributed by atoms with Crippen LogP contribution in [-0.2, 0) is 9.53 Å². The summed E-state index contributed by atoms with van der Waals surface area (Å²) in [6, 6.07) is 1.16. The molecular formula is C21H46N4O2. The van der Waals surface area contributed by atoms with E-state index in [2.05, 4.69) is 48.1 Å². The minimum absolute atomic E-state index is 0. The molecule has 6 nitrogen and oxygen atoms in total. The molecule has 0 radical (unpaired) electrons. The van der Waals surface area contributed by atoms with Gasteiger partial charge in [-0.05, 0) is 39.0 Å². The second-order valence-corrected chi connectivity index (χ2v) is 8.56. The van der Waals surface area contributed by atoms with Crippen LogP contribution in [0.15, 0.2) is 0 Å². The number of hydrogen-bond donors (Lipinski definition) is 2. The van der Waals surface area contributed by atoms with E-state index in [-0.39, 0.29) is 8.76 Å². The van der Waals surface area contributed by atoms with Crippen molar-refractivity contribution in [3.05, 3.63) is 0 Å². The second kappa shape index (κ2) is 12.0. The van der Waals surface area contributed by atoms with Gasteiger partial charge in [0.05, 0.1) is 18.8 Å². The van der Waals surface area contributed by atoms with Crippen LogP contribution in [0.25, 0.3) is 0 Å². The van der Waals surface area contributed by atoms with Gasteiger partial charge in [-0.15, -0.1) is 0 Å². The summed E-state index contributed by atoms with van der Waals surface area (Å²) in [7, 11) is 0. The Kier molecular flexibility index (Phi) is 10.0. The Morgan fingerprint density at radius 1 is 1.04 bits per heavy atom. The summed E-state index contributed by atoms with van der Waals surface area (Å²) in [4.78, 5) is 16.9. The molecule has 1 unspecified atom stereocenters. The van der Waals surface area contributed by atoms with E-state index in [1.165, 1.54) is 19.5 Å². The molecule has 27 heavy (non-hydrogen) atoms. The molecule has 0 spiro atoms. The molecule has 2 aliphatic heterocycles. The van der Waals surface area contributed by atoms with Gasteiger partial charge >= 0.3 is 0 Å². The van der Waals surface area contributed by atoms with Gasteiger partial charge in [-0.3, -0.25) is 9.69 Å². The molecule has 0 bridgehead atoms. The molecule has 2 fully saturated rings. The highest BCUT2D eigenvalue weighted by atomic mass is 16.5. The van der Waals surface area contributed by atoms with Gasteiger partial charge in [0, 0.05) is 54.2 Å². The normalized spacial score (nSPS) is 22.3. The maximum atomic E-state index is 12.0. The number of amides is 1. The molecule has 2 aliphatic rings. The molecule has 2 heterocycles. The third-order valence-corrected chi connectivity index (χ3v) is 5.98. The van der Waals surface area contributed by atoms with E-state index in [1.807, 2.05) is 0 Å².